The van der Waals surface area contributed by atoms with E-state index in [1.807, 2.05) is 24.3 Å². The van der Waals surface area contributed by atoms with E-state index < -0.39 is 0 Å². The minimum absolute atomic E-state index is 0.320. The molecule has 4 rings (SSSR count). The van der Waals surface area contributed by atoms with Crippen LogP contribution < -0.4 is 10.1 Å². The zero-order chi connectivity index (χ0) is 16.4. The third kappa shape index (κ3) is 2.78. The number of hydrogen-bond donors (Lipinski definition) is 2. The molecule has 124 valence electrons. The molecule has 0 atom stereocenters. The van der Waals surface area contributed by atoms with Gasteiger partial charge in [-0.05, 0) is 25.0 Å². The van der Waals surface area contributed by atoms with Crippen molar-refractivity contribution in [2.24, 2.45) is 0 Å². The number of aromatic amines is 1. The number of nitrogens with one attached hydrogen (secondary N) is 2. The summed E-state index contributed by atoms with van der Waals surface area (Å²) in [5.74, 6) is 3.09. The lowest BCUT2D eigenvalue weighted by molar-refractivity contribution is 0.0836. The number of methoxy groups -OCH3 is 1. The van der Waals surface area contributed by atoms with Crippen LogP contribution in [0.25, 0.3) is 10.9 Å². The molecule has 1 fully saturated rings. The van der Waals surface area contributed by atoms with Gasteiger partial charge >= 0.3 is 0 Å². The summed E-state index contributed by atoms with van der Waals surface area (Å²) in [7, 11) is 1.61. The molecule has 0 spiro atoms. The Labute approximate surface area is 139 Å². The second-order valence-electron chi connectivity index (χ2n) is 5.77. The van der Waals surface area contributed by atoms with E-state index >= 15 is 0 Å². The molecule has 0 unspecified atom stereocenters. The number of fused-ring (bicyclic) bond motifs is 1. The summed E-state index contributed by atoms with van der Waals surface area (Å²) >= 11 is 0. The third-order valence-corrected chi connectivity index (χ3v) is 4.29. The molecule has 0 radical (unpaired) electrons. The van der Waals surface area contributed by atoms with Crippen LogP contribution in [-0.2, 0) is 4.74 Å². The zero-order valence-corrected chi connectivity index (χ0v) is 13.5. The van der Waals surface area contributed by atoms with Crippen molar-refractivity contribution in [1.29, 1.82) is 0 Å². The van der Waals surface area contributed by atoms with Gasteiger partial charge in [0.2, 0.25) is 0 Å². The van der Waals surface area contributed by atoms with Gasteiger partial charge in [0.25, 0.3) is 0 Å². The second kappa shape index (κ2) is 6.45. The van der Waals surface area contributed by atoms with Gasteiger partial charge in [0.05, 0.1) is 18.8 Å². The fourth-order valence-corrected chi connectivity index (χ4v) is 2.95. The van der Waals surface area contributed by atoms with Crippen molar-refractivity contribution in [1.82, 2.24) is 20.2 Å². The number of H-pyrrole nitrogens is 1. The van der Waals surface area contributed by atoms with E-state index in [2.05, 4.69) is 20.5 Å². The maximum absolute atomic E-state index is 5.42. The van der Waals surface area contributed by atoms with E-state index in [1.165, 1.54) is 0 Å². The van der Waals surface area contributed by atoms with Crippen LogP contribution in [0.4, 0.5) is 11.6 Å². The van der Waals surface area contributed by atoms with Crippen LogP contribution in [0.3, 0.4) is 0 Å². The van der Waals surface area contributed by atoms with Crippen LogP contribution in [0.5, 0.6) is 5.75 Å². The largest absolute Gasteiger partial charge is 0.491 e. The van der Waals surface area contributed by atoms with Gasteiger partial charge in [0, 0.05) is 24.5 Å². The van der Waals surface area contributed by atoms with Crippen molar-refractivity contribution >= 4 is 22.5 Å². The molecule has 1 aliphatic rings. The van der Waals surface area contributed by atoms with E-state index in [1.54, 1.807) is 13.3 Å². The topological polar surface area (TPSA) is 84.9 Å². The summed E-state index contributed by atoms with van der Waals surface area (Å²) in [5, 5.41) is 11.6. The van der Waals surface area contributed by atoms with Crippen molar-refractivity contribution in [2.45, 2.75) is 18.8 Å². The fraction of sp³-hybridized carbons (Fsp3) is 0.353. The Balaban J connectivity index is 1.67. The third-order valence-electron chi connectivity index (χ3n) is 4.29. The molecule has 3 heterocycles. The second-order valence-corrected chi connectivity index (χ2v) is 5.77. The maximum Gasteiger partial charge on any atom is 0.179 e. The van der Waals surface area contributed by atoms with Crippen LogP contribution in [0.15, 0.2) is 30.5 Å². The molecule has 0 bridgehead atoms. The number of nitrogens with zero attached hydrogens (tertiary/aromatic N) is 3. The monoisotopic (exact) mass is 325 g/mol. The van der Waals surface area contributed by atoms with Gasteiger partial charge in [0.15, 0.2) is 17.4 Å². The lowest BCUT2D eigenvalue weighted by atomic mass is 9.99. The van der Waals surface area contributed by atoms with E-state index in [9.17, 15) is 0 Å². The summed E-state index contributed by atoms with van der Waals surface area (Å²) in [6.07, 6.45) is 3.60. The predicted molar refractivity (Wildman–Crippen MR) is 90.8 cm³/mol. The SMILES string of the molecule is COc1cnc(C2CCOCC2)nc1Nc1n[nH]c2ccccc12. The molecule has 0 aliphatic carbocycles. The van der Waals surface area contributed by atoms with Crippen LogP contribution in [-0.4, -0.2) is 40.5 Å². The molecule has 7 nitrogen and oxygen atoms in total. The normalized spacial score (nSPS) is 15.5. The molecular weight excluding hydrogens is 306 g/mol. The standard InChI is InChI=1S/C17H19N5O2/c1-23-14-10-18-15(11-6-8-24-9-7-11)19-17(14)20-16-12-4-2-3-5-13(12)21-22-16/h2-5,10-11H,6-9H2,1H3,(H2,18,19,20,21,22). The molecule has 1 saturated heterocycles. The first-order valence-electron chi connectivity index (χ1n) is 8.04. The minimum atomic E-state index is 0.320. The predicted octanol–water partition coefficient (Wildman–Crippen LogP) is 3.00. The summed E-state index contributed by atoms with van der Waals surface area (Å²) in [5.41, 5.74) is 0.970. The van der Waals surface area contributed by atoms with Crippen molar-refractivity contribution in [3.8, 4) is 5.75 Å². The smallest absolute Gasteiger partial charge is 0.179 e. The number of rotatable bonds is 4. The average Bonchev–Trinajstić information content (AvgIpc) is 3.05. The van der Waals surface area contributed by atoms with E-state index in [0.29, 0.717) is 17.5 Å². The highest BCUT2D eigenvalue weighted by Gasteiger charge is 2.20. The van der Waals surface area contributed by atoms with Crippen molar-refractivity contribution in [2.75, 3.05) is 25.6 Å². The molecule has 0 amide bonds. The van der Waals surface area contributed by atoms with Crippen LogP contribution in [0.1, 0.15) is 24.6 Å². The fourth-order valence-electron chi connectivity index (χ4n) is 2.95. The van der Waals surface area contributed by atoms with E-state index in [4.69, 9.17) is 14.5 Å². The number of anilines is 2. The Bertz CT molecular complexity index is 842. The Morgan fingerprint density at radius 1 is 1.21 bits per heavy atom. The first kappa shape index (κ1) is 14.9. The molecule has 7 heteroatoms. The van der Waals surface area contributed by atoms with Gasteiger partial charge in [-0.2, -0.15) is 5.10 Å². The molecule has 24 heavy (non-hydrogen) atoms. The summed E-state index contributed by atoms with van der Waals surface area (Å²) in [6.45, 7) is 1.51. The number of para-hydroxylation sites is 1. The molecule has 1 aromatic carbocycles. The minimum Gasteiger partial charge on any atom is -0.491 e. The van der Waals surface area contributed by atoms with E-state index in [0.717, 1.165) is 48.6 Å². The lowest BCUT2D eigenvalue weighted by Gasteiger charge is -2.21. The Morgan fingerprint density at radius 2 is 2.04 bits per heavy atom. The summed E-state index contributed by atoms with van der Waals surface area (Å²) in [6, 6.07) is 7.94. The maximum atomic E-state index is 5.42. The molecule has 1 aliphatic heterocycles. The molecular formula is C17H19N5O2. The summed E-state index contributed by atoms with van der Waals surface area (Å²) < 4.78 is 10.8. The van der Waals surface area contributed by atoms with Crippen LogP contribution in [0.2, 0.25) is 0 Å². The van der Waals surface area contributed by atoms with Gasteiger partial charge in [-0.25, -0.2) is 9.97 Å². The highest BCUT2D eigenvalue weighted by molar-refractivity contribution is 5.91. The lowest BCUT2D eigenvalue weighted by Crippen LogP contribution is -2.17. The van der Waals surface area contributed by atoms with Crippen molar-refractivity contribution in [3.63, 3.8) is 0 Å². The highest BCUT2D eigenvalue weighted by atomic mass is 16.5. The molecule has 3 aromatic rings. The first-order valence-corrected chi connectivity index (χ1v) is 8.04. The zero-order valence-electron chi connectivity index (χ0n) is 13.5. The first-order chi connectivity index (χ1) is 11.8. The number of ether oxygens (including phenoxy) is 2. The van der Waals surface area contributed by atoms with E-state index in [-0.39, 0.29) is 0 Å². The van der Waals surface area contributed by atoms with Crippen molar-refractivity contribution < 1.29 is 9.47 Å². The average molecular weight is 325 g/mol. The van der Waals surface area contributed by atoms with Crippen LogP contribution >= 0.6 is 0 Å². The molecule has 0 saturated carbocycles. The van der Waals surface area contributed by atoms with Gasteiger partial charge < -0.3 is 14.8 Å². The Hall–Kier alpha value is -2.67. The van der Waals surface area contributed by atoms with Crippen molar-refractivity contribution in [3.05, 3.63) is 36.3 Å². The number of aromatic nitrogens is 4. The quantitative estimate of drug-likeness (QED) is 0.767. The number of hydrogen-bond acceptors (Lipinski definition) is 6. The van der Waals surface area contributed by atoms with Gasteiger partial charge in [0.1, 0.15) is 5.82 Å². The van der Waals surface area contributed by atoms with Gasteiger partial charge in [-0.1, -0.05) is 12.1 Å². The highest BCUT2D eigenvalue weighted by Crippen LogP contribution is 2.31. The molecule has 2 aromatic heterocycles. The van der Waals surface area contributed by atoms with Crippen LogP contribution in [0, 0.1) is 0 Å². The summed E-state index contributed by atoms with van der Waals surface area (Å²) in [4.78, 5) is 9.16. The number of benzene rings is 1. The Morgan fingerprint density at radius 3 is 2.88 bits per heavy atom. The Kier molecular flexibility index (Phi) is 4.00. The van der Waals surface area contributed by atoms with Gasteiger partial charge in [-0.3, -0.25) is 5.10 Å². The molecule has 2 N–H and O–H groups in total. The van der Waals surface area contributed by atoms with Gasteiger partial charge in [-0.15, -0.1) is 0 Å².